The standard InChI is InChI=1S/C31H37N3O5S/c1-19-5-10-27(39-17-24-9-6-21(14-20(24)2)29(35)33(3)11-12-38-4)25(13-19)26-18-40-31(32-26)34-15-22-7-8-23(16-34)28(22)30(36)37/h5-6,9-10,13-14,18,22-23,28H,7-8,11-12,15-17H2,1-4H3,(H,36,37)/t22-,23?,28?/m0/s1. The lowest BCUT2D eigenvalue weighted by molar-refractivity contribution is -0.144. The summed E-state index contributed by atoms with van der Waals surface area (Å²) in [6.07, 6.45) is 1.95. The van der Waals surface area contributed by atoms with Crippen molar-refractivity contribution in [3.8, 4) is 17.0 Å². The van der Waals surface area contributed by atoms with Gasteiger partial charge in [0.25, 0.3) is 5.91 Å². The quantitative estimate of drug-likeness (QED) is 0.359. The fraction of sp³-hybridized carbons (Fsp3) is 0.452. The maximum absolute atomic E-state index is 12.7. The van der Waals surface area contributed by atoms with E-state index >= 15 is 0 Å². The van der Waals surface area contributed by atoms with Gasteiger partial charge in [0.1, 0.15) is 12.4 Å². The van der Waals surface area contributed by atoms with Crippen LogP contribution >= 0.6 is 11.3 Å². The summed E-state index contributed by atoms with van der Waals surface area (Å²) < 4.78 is 11.4. The van der Waals surface area contributed by atoms with Crippen molar-refractivity contribution in [2.24, 2.45) is 17.8 Å². The Morgan fingerprint density at radius 2 is 1.88 bits per heavy atom. The third-order valence-corrected chi connectivity index (χ3v) is 9.14. The van der Waals surface area contributed by atoms with Crippen molar-refractivity contribution in [2.75, 3.05) is 45.3 Å². The molecule has 3 atom stereocenters. The summed E-state index contributed by atoms with van der Waals surface area (Å²) in [5.41, 5.74) is 5.58. The number of aromatic nitrogens is 1. The monoisotopic (exact) mass is 563 g/mol. The second-order valence-corrected chi connectivity index (χ2v) is 11.9. The number of hydrogen-bond donors (Lipinski definition) is 1. The lowest BCUT2D eigenvalue weighted by atomic mass is 9.85. The predicted molar refractivity (Wildman–Crippen MR) is 156 cm³/mol. The van der Waals surface area contributed by atoms with E-state index in [9.17, 15) is 14.7 Å². The van der Waals surface area contributed by atoms with Crippen LogP contribution < -0.4 is 9.64 Å². The zero-order valence-corrected chi connectivity index (χ0v) is 24.4. The van der Waals surface area contributed by atoms with Gasteiger partial charge in [-0.2, -0.15) is 0 Å². The van der Waals surface area contributed by atoms with Crippen LogP contribution in [0.1, 0.15) is 39.9 Å². The molecule has 2 aromatic carbocycles. The van der Waals surface area contributed by atoms with Gasteiger partial charge >= 0.3 is 5.97 Å². The molecule has 0 radical (unpaired) electrons. The summed E-state index contributed by atoms with van der Waals surface area (Å²) in [7, 11) is 3.40. The van der Waals surface area contributed by atoms with Gasteiger partial charge in [-0.15, -0.1) is 11.3 Å². The number of aryl methyl sites for hydroxylation is 2. The number of hydrogen-bond acceptors (Lipinski definition) is 7. The molecule has 1 amide bonds. The molecule has 9 heteroatoms. The topological polar surface area (TPSA) is 92.2 Å². The van der Waals surface area contributed by atoms with Gasteiger partial charge < -0.3 is 24.4 Å². The number of likely N-dealkylation sites (N-methyl/N-ethyl adjacent to an activating group) is 1. The number of anilines is 1. The van der Waals surface area contributed by atoms with Crippen LogP contribution in [0, 0.1) is 31.6 Å². The Morgan fingerprint density at radius 3 is 2.55 bits per heavy atom. The van der Waals surface area contributed by atoms with Crippen LogP contribution in [-0.2, 0) is 16.1 Å². The lowest BCUT2D eigenvalue weighted by Crippen LogP contribution is -2.44. The van der Waals surface area contributed by atoms with Crippen LogP contribution in [0.5, 0.6) is 5.75 Å². The van der Waals surface area contributed by atoms with Crippen LogP contribution in [0.25, 0.3) is 11.3 Å². The first-order valence-corrected chi connectivity index (χ1v) is 14.6. The number of rotatable bonds is 10. The highest BCUT2D eigenvalue weighted by atomic mass is 32.1. The number of piperidine rings is 1. The molecule has 2 heterocycles. The number of fused-ring (bicyclic) bond motifs is 2. The van der Waals surface area contributed by atoms with E-state index in [0.29, 0.717) is 25.3 Å². The maximum Gasteiger partial charge on any atom is 0.307 e. The molecule has 1 aromatic heterocycles. The molecule has 1 aliphatic heterocycles. The molecule has 1 saturated heterocycles. The Balaban J connectivity index is 1.29. The van der Waals surface area contributed by atoms with Crippen molar-refractivity contribution >= 4 is 28.3 Å². The third-order valence-electron chi connectivity index (χ3n) is 8.24. The van der Waals surface area contributed by atoms with E-state index in [2.05, 4.69) is 23.3 Å². The largest absolute Gasteiger partial charge is 0.488 e. The van der Waals surface area contributed by atoms with Crippen LogP contribution in [0.15, 0.2) is 41.8 Å². The minimum absolute atomic E-state index is 0.0343. The van der Waals surface area contributed by atoms with Gasteiger partial charge in [0.2, 0.25) is 0 Å². The Bertz CT molecular complexity index is 1380. The fourth-order valence-electron chi connectivity index (χ4n) is 5.98. The van der Waals surface area contributed by atoms with Gasteiger partial charge in [-0.25, -0.2) is 4.98 Å². The first-order chi connectivity index (χ1) is 19.2. The molecule has 8 nitrogen and oxygen atoms in total. The third kappa shape index (κ3) is 5.86. The van der Waals surface area contributed by atoms with Crippen LogP contribution in [0.4, 0.5) is 5.13 Å². The molecule has 2 unspecified atom stereocenters. The van der Waals surface area contributed by atoms with Crippen molar-refractivity contribution in [2.45, 2.75) is 33.3 Å². The fourth-order valence-corrected chi connectivity index (χ4v) is 6.83. The highest BCUT2D eigenvalue weighted by Gasteiger charge is 2.46. The number of aliphatic carboxylic acids is 1. The van der Waals surface area contributed by atoms with Crippen molar-refractivity contribution < 1.29 is 24.2 Å². The molecule has 40 heavy (non-hydrogen) atoms. The Labute approximate surface area is 239 Å². The summed E-state index contributed by atoms with van der Waals surface area (Å²) in [5, 5.41) is 12.7. The first kappa shape index (κ1) is 28.1. The number of ether oxygens (including phenoxy) is 2. The molecular weight excluding hydrogens is 526 g/mol. The van der Waals surface area contributed by atoms with E-state index in [1.54, 1.807) is 30.4 Å². The van der Waals surface area contributed by atoms with E-state index in [1.807, 2.05) is 37.3 Å². The van der Waals surface area contributed by atoms with E-state index in [4.69, 9.17) is 14.5 Å². The molecule has 1 saturated carbocycles. The highest BCUT2D eigenvalue weighted by molar-refractivity contribution is 7.14. The number of carbonyl (C=O) groups excluding carboxylic acids is 1. The first-order valence-electron chi connectivity index (χ1n) is 13.8. The Hall–Kier alpha value is -3.43. The highest BCUT2D eigenvalue weighted by Crippen LogP contribution is 2.44. The summed E-state index contributed by atoms with van der Waals surface area (Å²) in [5.74, 6) is 0.229. The van der Waals surface area contributed by atoms with Crippen molar-refractivity contribution in [3.05, 3.63) is 64.0 Å². The molecule has 5 rings (SSSR count). The molecule has 1 N–H and O–H groups in total. The average Bonchev–Trinajstić information content (AvgIpc) is 3.54. The van der Waals surface area contributed by atoms with Crippen molar-refractivity contribution in [3.63, 3.8) is 0 Å². The van der Waals surface area contributed by atoms with Gasteiger partial charge in [0.05, 0.1) is 18.2 Å². The molecule has 2 aliphatic rings. The van der Waals surface area contributed by atoms with Gasteiger partial charge in [-0.3, -0.25) is 9.59 Å². The van der Waals surface area contributed by atoms with Crippen molar-refractivity contribution in [1.82, 2.24) is 9.88 Å². The van der Waals surface area contributed by atoms with E-state index in [1.165, 1.54) is 0 Å². The van der Waals surface area contributed by atoms with Gasteiger partial charge in [-0.05, 0) is 73.9 Å². The zero-order valence-electron chi connectivity index (χ0n) is 23.6. The number of carboxylic acid groups (broad SMARTS) is 1. The molecular formula is C31H37N3O5S. The maximum atomic E-state index is 12.7. The number of methoxy groups -OCH3 is 1. The average molecular weight is 564 g/mol. The second kappa shape index (κ2) is 12.0. The molecule has 212 valence electrons. The van der Waals surface area contributed by atoms with E-state index in [0.717, 1.165) is 64.8 Å². The number of nitrogens with zero attached hydrogens (tertiary/aromatic N) is 3. The number of amides is 1. The van der Waals surface area contributed by atoms with Crippen molar-refractivity contribution in [1.29, 1.82) is 0 Å². The number of thiazole rings is 1. The van der Waals surface area contributed by atoms with E-state index in [-0.39, 0.29) is 23.7 Å². The Kier molecular flexibility index (Phi) is 8.42. The summed E-state index contributed by atoms with van der Waals surface area (Å²) in [6.45, 7) is 6.95. The number of carbonyl (C=O) groups is 2. The number of carboxylic acids is 1. The molecule has 0 spiro atoms. The normalized spacial score (nSPS) is 20.0. The molecule has 2 fully saturated rings. The summed E-state index contributed by atoms with van der Waals surface area (Å²) in [4.78, 5) is 33.4. The van der Waals surface area contributed by atoms with Gasteiger partial charge in [0, 0.05) is 50.3 Å². The minimum atomic E-state index is -0.653. The van der Waals surface area contributed by atoms with E-state index < -0.39 is 5.97 Å². The van der Waals surface area contributed by atoms with Crippen LogP contribution in [0.3, 0.4) is 0 Å². The Morgan fingerprint density at radius 1 is 1.12 bits per heavy atom. The SMILES string of the molecule is COCCN(C)C(=O)c1ccc(COc2ccc(C)cc2-c2csc(N3CC4CC[C@@H](C3)C4C(=O)O)n2)c(C)c1. The molecule has 1 aliphatic carbocycles. The van der Waals surface area contributed by atoms with Crippen LogP contribution in [0.2, 0.25) is 0 Å². The minimum Gasteiger partial charge on any atom is -0.488 e. The summed E-state index contributed by atoms with van der Waals surface area (Å²) in [6, 6.07) is 11.8. The predicted octanol–water partition coefficient (Wildman–Crippen LogP) is 5.27. The summed E-state index contributed by atoms with van der Waals surface area (Å²) >= 11 is 1.60. The van der Waals surface area contributed by atoms with Gasteiger partial charge in [0.15, 0.2) is 5.13 Å². The number of benzene rings is 2. The zero-order chi connectivity index (χ0) is 28.4. The smallest absolute Gasteiger partial charge is 0.307 e. The van der Waals surface area contributed by atoms with Gasteiger partial charge in [-0.1, -0.05) is 17.7 Å². The second-order valence-electron chi connectivity index (χ2n) is 11.0. The molecule has 3 aromatic rings. The molecule has 2 bridgehead atoms. The van der Waals surface area contributed by atoms with Crippen LogP contribution in [-0.4, -0.2) is 67.3 Å². The lowest BCUT2D eigenvalue weighted by Gasteiger charge is -2.35.